The summed E-state index contributed by atoms with van der Waals surface area (Å²) in [7, 11) is 1.64. The molecule has 0 spiro atoms. The summed E-state index contributed by atoms with van der Waals surface area (Å²) in [5.41, 5.74) is -0.283. The van der Waals surface area contributed by atoms with Crippen LogP contribution in [0, 0.1) is 0 Å². The van der Waals surface area contributed by atoms with Gasteiger partial charge in [-0.05, 0) is 13.3 Å². The molecule has 3 nitrogen and oxygen atoms in total. The van der Waals surface area contributed by atoms with Crippen LogP contribution < -0.4 is 5.84 Å². The molecule has 9 heavy (non-hydrogen) atoms. The highest BCUT2D eigenvalue weighted by atomic mass is 16.5. The number of ether oxygens (including phenoxy) is 1. The Kier molecular flexibility index (Phi) is 3.24. The average Bonchev–Trinajstić information content (AvgIpc) is 1.89. The summed E-state index contributed by atoms with van der Waals surface area (Å²) in [4.78, 5) is 0. The van der Waals surface area contributed by atoms with Crippen LogP contribution in [0.15, 0.2) is 5.10 Å². The van der Waals surface area contributed by atoms with Gasteiger partial charge in [-0.1, -0.05) is 6.92 Å². The summed E-state index contributed by atoms with van der Waals surface area (Å²) in [5, 5.41) is 3.40. The Balaban J connectivity index is 3.92. The molecule has 0 aromatic carbocycles. The molecule has 0 aromatic heterocycles. The molecule has 54 valence electrons. The van der Waals surface area contributed by atoms with Crippen LogP contribution in [-0.4, -0.2) is 18.9 Å². The van der Waals surface area contributed by atoms with Crippen molar-refractivity contribution in [2.45, 2.75) is 25.9 Å². The van der Waals surface area contributed by atoms with Crippen molar-refractivity contribution in [3.05, 3.63) is 0 Å². The summed E-state index contributed by atoms with van der Waals surface area (Å²) in [6.45, 7) is 3.95. The monoisotopic (exact) mass is 130 g/mol. The van der Waals surface area contributed by atoms with Crippen molar-refractivity contribution < 1.29 is 4.74 Å². The third kappa shape index (κ3) is 2.46. The highest BCUT2D eigenvalue weighted by Crippen LogP contribution is 2.09. The Morgan fingerprint density at radius 1 is 1.78 bits per heavy atom. The van der Waals surface area contributed by atoms with Gasteiger partial charge in [0, 0.05) is 7.11 Å². The summed E-state index contributed by atoms with van der Waals surface area (Å²) in [5.74, 6) is 4.96. The minimum Gasteiger partial charge on any atom is -0.373 e. The van der Waals surface area contributed by atoms with Gasteiger partial charge in [-0.2, -0.15) is 5.10 Å². The number of nitrogens with two attached hydrogens (primary N) is 1. The number of methoxy groups -OCH3 is 1. The quantitative estimate of drug-likeness (QED) is 0.348. The van der Waals surface area contributed by atoms with E-state index in [4.69, 9.17) is 10.6 Å². The van der Waals surface area contributed by atoms with Crippen LogP contribution in [0.25, 0.3) is 0 Å². The largest absolute Gasteiger partial charge is 0.373 e. The Morgan fingerprint density at radius 2 is 2.33 bits per heavy atom. The lowest BCUT2D eigenvalue weighted by atomic mass is 10.1. The van der Waals surface area contributed by atoms with Crippen molar-refractivity contribution in [1.82, 2.24) is 0 Å². The standard InChI is InChI=1S/C6H14N2O/c1-4-6(2,9-3)5-8-7/h5H,4,7H2,1-3H3/b8-5+. The van der Waals surface area contributed by atoms with Crippen molar-refractivity contribution in [2.75, 3.05) is 7.11 Å². The molecule has 0 rings (SSSR count). The Labute approximate surface area is 55.9 Å². The van der Waals surface area contributed by atoms with Crippen molar-refractivity contribution in [3.8, 4) is 0 Å². The number of rotatable bonds is 3. The molecule has 0 heterocycles. The van der Waals surface area contributed by atoms with Gasteiger partial charge in [0.05, 0.1) is 6.21 Å². The van der Waals surface area contributed by atoms with E-state index in [1.165, 1.54) is 0 Å². The van der Waals surface area contributed by atoms with Gasteiger partial charge < -0.3 is 10.6 Å². The molecule has 1 atom stereocenters. The normalized spacial score (nSPS) is 18.1. The lowest BCUT2D eigenvalue weighted by molar-refractivity contribution is 0.0673. The first kappa shape index (κ1) is 8.43. The average molecular weight is 130 g/mol. The number of hydrogen-bond donors (Lipinski definition) is 1. The van der Waals surface area contributed by atoms with E-state index in [-0.39, 0.29) is 5.60 Å². The predicted molar refractivity (Wildman–Crippen MR) is 38.4 cm³/mol. The molecule has 0 radical (unpaired) electrons. The smallest absolute Gasteiger partial charge is 0.101 e. The van der Waals surface area contributed by atoms with E-state index in [0.717, 1.165) is 6.42 Å². The van der Waals surface area contributed by atoms with Crippen molar-refractivity contribution in [1.29, 1.82) is 0 Å². The molecule has 0 saturated carbocycles. The van der Waals surface area contributed by atoms with Gasteiger partial charge in [0.15, 0.2) is 0 Å². The molecule has 2 N–H and O–H groups in total. The molecule has 0 amide bonds. The molecule has 0 aliphatic rings. The molecule has 0 aliphatic heterocycles. The fourth-order valence-corrected chi connectivity index (χ4v) is 0.446. The van der Waals surface area contributed by atoms with Crippen LogP contribution in [0.2, 0.25) is 0 Å². The third-order valence-electron chi connectivity index (χ3n) is 1.52. The second-order valence-corrected chi connectivity index (χ2v) is 2.15. The summed E-state index contributed by atoms with van der Waals surface area (Å²) in [6, 6.07) is 0. The van der Waals surface area contributed by atoms with Gasteiger partial charge in [0.2, 0.25) is 0 Å². The van der Waals surface area contributed by atoms with Crippen molar-refractivity contribution >= 4 is 6.21 Å². The molecule has 1 unspecified atom stereocenters. The minimum atomic E-state index is -0.283. The van der Waals surface area contributed by atoms with Gasteiger partial charge in [0.25, 0.3) is 0 Å². The minimum absolute atomic E-state index is 0.283. The fourth-order valence-electron chi connectivity index (χ4n) is 0.446. The highest BCUT2D eigenvalue weighted by molar-refractivity contribution is 5.67. The molecule has 0 saturated heterocycles. The first-order chi connectivity index (χ1) is 4.18. The first-order valence-electron chi connectivity index (χ1n) is 2.98. The maximum atomic E-state index is 5.10. The maximum absolute atomic E-state index is 5.10. The zero-order valence-electron chi connectivity index (χ0n) is 6.22. The molecule has 3 heteroatoms. The number of nitrogens with zero attached hydrogens (tertiary/aromatic N) is 1. The van der Waals surface area contributed by atoms with E-state index in [2.05, 4.69) is 5.10 Å². The lowest BCUT2D eigenvalue weighted by Crippen LogP contribution is -2.28. The second kappa shape index (κ2) is 3.45. The third-order valence-corrected chi connectivity index (χ3v) is 1.52. The summed E-state index contributed by atoms with van der Waals surface area (Å²) < 4.78 is 5.10. The SMILES string of the molecule is CCC(C)(/C=N/N)OC. The highest BCUT2D eigenvalue weighted by Gasteiger charge is 2.16. The molecule has 0 aliphatic carbocycles. The Hall–Kier alpha value is -0.570. The van der Waals surface area contributed by atoms with Gasteiger partial charge in [-0.15, -0.1) is 0 Å². The number of hydrogen-bond acceptors (Lipinski definition) is 3. The van der Waals surface area contributed by atoms with Gasteiger partial charge in [0.1, 0.15) is 5.60 Å². The van der Waals surface area contributed by atoms with E-state index in [1.54, 1.807) is 13.3 Å². The van der Waals surface area contributed by atoms with Gasteiger partial charge in [-0.25, -0.2) is 0 Å². The molecule has 0 bridgehead atoms. The second-order valence-electron chi connectivity index (χ2n) is 2.15. The molecule has 0 aromatic rings. The predicted octanol–water partition coefficient (Wildman–Crippen LogP) is 0.746. The molecular weight excluding hydrogens is 116 g/mol. The molecule has 0 fully saturated rings. The van der Waals surface area contributed by atoms with Crippen LogP contribution in [0.3, 0.4) is 0 Å². The maximum Gasteiger partial charge on any atom is 0.101 e. The van der Waals surface area contributed by atoms with Crippen LogP contribution in [0.5, 0.6) is 0 Å². The first-order valence-corrected chi connectivity index (χ1v) is 2.98. The Bertz CT molecular complexity index is 97.2. The van der Waals surface area contributed by atoms with Crippen LogP contribution in [0.1, 0.15) is 20.3 Å². The zero-order valence-corrected chi connectivity index (χ0v) is 6.22. The van der Waals surface area contributed by atoms with Crippen LogP contribution >= 0.6 is 0 Å². The Morgan fingerprint density at radius 3 is 2.44 bits per heavy atom. The van der Waals surface area contributed by atoms with E-state index in [1.807, 2.05) is 13.8 Å². The van der Waals surface area contributed by atoms with E-state index >= 15 is 0 Å². The van der Waals surface area contributed by atoms with Gasteiger partial charge in [-0.3, -0.25) is 0 Å². The lowest BCUT2D eigenvalue weighted by Gasteiger charge is -2.20. The topological polar surface area (TPSA) is 47.6 Å². The van der Waals surface area contributed by atoms with Crippen molar-refractivity contribution in [3.63, 3.8) is 0 Å². The van der Waals surface area contributed by atoms with E-state index in [0.29, 0.717) is 0 Å². The van der Waals surface area contributed by atoms with Crippen LogP contribution in [-0.2, 0) is 4.74 Å². The molecular formula is C6H14N2O. The zero-order chi connectivity index (χ0) is 7.33. The fraction of sp³-hybridized carbons (Fsp3) is 0.833. The van der Waals surface area contributed by atoms with Crippen molar-refractivity contribution in [2.24, 2.45) is 10.9 Å². The summed E-state index contributed by atoms with van der Waals surface area (Å²) >= 11 is 0. The summed E-state index contributed by atoms with van der Waals surface area (Å²) in [6.07, 6.45) is 2.48. The van der Waals surface area contributed by atoms with Gasteiger partial charge >= 0.3 is 0 Å². The number of hydrazone groups is 1. The van der Waals surface area contributed by atoms with E-state index < -0.39 is 0 Å². The van der Waals surface area contributed by atoms with E-state index in [9.17, 15) is 0 Å². The van der Waals surface area contributed by atoms with Crippen LogP contribution in [0.4, 0.5) is 0 Å².